The third kappa shape index (κ3) is 3.31. The van der Waals surface area contributed by atoms with Crippen LogP contribution >= 0.6 is 12.4 Å². The van der Waals surface area contributed by atoms with Crippen LogP contribution in [0.1, 0.15) is 10.5 Å². The van der Waals surface area contributed by atoms with Gasteiger partial charge in [0.25, 0.3) is 0 Å². The van der Waals surface area contributed by atoms with Gasteiger partial charge in [-0.2, -0.15) is 0 Å². The maximum atomic E-state index is 11.2. The van der Waals surface area contributed by atoms with Crippen molar-refractivity contribution < 1.29 is 9.53 Å². The number of methoxy groups -OCH3 is 1. The average molecular weight is 258 g/mol. The van der Waals surface area contributed by atoms with Crippen LogP contribution in [-0.4, -0.2) is 44.2 Å². The number of hydrogen-bond acceptors (Lipinski definition) is 5. The monoisotopic (exact) mass is 257 g/mol. The first-order chi connectivity index (χ1) is 7.81. The summed E-state index contributed by atoms with van der Waals surface area (Å²) >= 11 is 0. The predicted molar refractivity (Wildman–Crippen MR) is 67.9 cm³/mol. The molecule has 17 heavy (non-hydrogen) atoms. The molecule has 1 fully saturated rings. The van der Waals surface area contributed by atoms with Gasteiger partial charge in [0.1, 0.15) is 5.69 Å². The summed E-state index contributed by atoms with van der Waals surface area (Å²) in [7, 11) is 1.36. The summed E-state index contributed by atoms with van der Waals surface area (Å²) in [5, 5.41) is 3.29. The lowest BCUT2D eigenvalue weighted by Crippen LogP contribution is -2.43. The van der Waals surface area contributed by atoms with Crippen molar-refractivity contribution in [2.45, 2.75) is 0 Å². The molecule has 2 heterocycles. The smallest absolute Gasteiger partial charge is 0.356 e. The molecular weight excluding hydrogens is 242 g/mol. The largest absolute Gasteiger partial charge is 0.464 e. The van der Waals surface area contributed by atoms with Crippen LogP contribution in [0.4, 0.5) is 5.69 Å². The quantitative estimate of drug-likeness (QED) is 0.791. The molecule has 0 radical (unpaired) electrons. The number of ether oxygens (including phenoxy) is 1. The molecule has 0 aliphatic carbocycles. The van der Waals surface area contributed by atoms with E-state index >= 15 is 0 Å². The fourth-order valence-electron chi connectivity index (χ4n) is 1.72. The van der Waals surface area contributed by atoms with Crippen LogP contribution in [0.3, 0.4) is 0 Å². The molecule has 6 heteroatoms. The number of carbonyl (C=O) groups excluding carboxylic acids is 1. The molecule has 94 valence electrons. The highest BCUT2D eigenvalue weighted by atomic mass is 35.5. The second-order valence-corrected chi connectivity index (χ2v) is 3.63. The van der Waals surface area contributed by atoms with Gasteiger partial charge in [-0.3, -0.25) is 0 Å². The van der Waals surface area contributed by atoms with E-state index in [2.05, 4.69) is 19.9 Å². The zero-order chi connectivity index (χ0) is 11.4. The number of hydrogen-bond donors (Lipinski definition) is 1. The van der Waals surface area contributed by atoms with Crippen LogP contribution in [0.15, 0.2) is 18.3 Å². The highest BCUT2D eigenvalue weighted by molar-refractivity contribution is 5.87. The zero-order valence-electron chi connectivity index (χ0n) is 9.68. The van der Waals surface area contributed by atoms with Crippen LogP contribution in [-0.2, 0) is 4.74 Å². The van der Waals surface area contributed by atoms with E-state index in [0.717, 1.165) is 31.9 Å². The maximum Gasteiger partial charge on any atom is 0.356 e. The van der Waals surface area contributed by atoms with E-state index < -0.39 is 5.97 Å². The van der Waals surface area contributed by atoms with Crippen molar-refractivity contribution in [1.29, 1.82) is 0 Å². The fraction of sp³-hybridized carbons (Fsp3) is 0.455. The molecule has 1 saturated heterocycles. The van der Waals surface area contributed by atoms with Crippen molar-refractivity contribution in [2.75, 3.05) is 38.2 Å². The van der Waals surface area contributed by atoms with Crippen molar-refractivity contribution in [3.63, 3.8) is 0 Å². The van der Waals surface area contributed by atoms with Gasteiger partial charge < -0.3 is 15.0 Å². The fourth-order valence-corrected chi connectivity index (χ4v) is 1.72. The molecule has 0 amide bonds. The number of nitrogens with zero attached hydrogens (tertiary/aromatic N) is 2. The van der Waals surface area contributed by atoms with Crippen LogP contribution in [0, 0.1) is 0 Å². The molecule has 1 aliphatic heterocycles. The number of pyridine rings is 1. The van der Waals surface area contributed by atoms with E-state index in [1.54, 1.807) is 12.3 Å². The summed E-state index contributed by atoms with van der Waals surface area (Å²) < 4.78 is 4.60. The predicted octanol–water partition coefficient (Wildman–Crippen LogP) is 0.700. The number of aromatic nitrogens is 1. The summed E-state index contributed by atoms with van der Waals surface area (Å²) in [6.07, 6.45) is 1.72. The van der Waals surface area contributed by atoms with E-state index in [-0.39, 0.29) is 12.4 Å². The Balaban J connectivity index is 0.00000144. The second-order valence-electron chi connectivity index (χ2n) is 3.63. The molecule has 1 N–H and O–H groups in total. The molecule has 2 rings (SSSR count). The normalized spacial score (nSPS) is 15.0. The molecule has 0 spiro atoms. The van der Waals surface area contributed by atoms with Crippen molar-refractivity contribution in [3.05, 3.63) is 24.0 Å². The van der Waals surface area contributed by atoms with E-state index in [1.165, 1.54) is 7.11 Å². The summed E-state index contributed by atoms with van der Waals surface area (Å²) in [4.78, 5) is 17.5. The highest BCUT2D eigenvalue weighted by Crippen LogP contribution is 2.13. The lowest BCUT2D eigenvalue weighted by atomic mass is 10.3. The van der Waals surface area contributed by atoms with E-state index in [4.69, 9.17) is 0 Å². The molecule has 5 nitrogen and oxygen atoms in total. The first-order valence-electron chi connectivity index (χ1n) is 5.31. The maximum absolute atomic E-state index is 11.2. The Morgan fingerprint density at radius 1 is 1.41 bits per heavy atom. The molecule has 0 aromatic carbocycles. The SMILES string of the molecule is COC(=O)c1ccc(N2CCNCC2)cn1.Cl. The molecule has 1 aromatic rings. The lowest BCUT2D eigenvalue weighted by Gasteiger charge is -2.29. The van der Waals surface area contributed by atoms with Crippen LogP contribution in [0.5, 0.6) is 0 Å². The lowest BCUT2D eigenvalue weighted by molar-refractivity contribution is 0.0594. The molecule has 0 bridgehead atoms. The van der Waals surface area contributed by atoms with Gasteiger partial charge in [0.05, 0.1) is 19.0 Å². The molecule has 1 aromatic heterocycles. The number of esters is 1. The number of piperazine rings is 1. The highest BCUT2D eigenvalue weighted by Gasteiger charge is 2.12. The first-order valence-corrected chi connectivity index (χ1v) is 5.31. The van der Waals surface area contributed by atoms with E-state index in [1.807, 2.05) is 6.07 Å². The van der Waals surface area contributed by atoms with Crippen molar-refractivity contribution >= 4 is 24.1 Å². The van der Waals surface area contributed by atoms with Gasteiger partial charge >= 0.3 is 5.97 Å². The van der Waals surface area contributed by atoms with Gasteiger partial charge in [0.15, 0.2) is 0 Å². The Kier molecular flexibility index (Phi) is 5.18. The standard InChI is InChI=1S/C11H15N3O2.ClH/c1-16-11(15)10-3-2-9(8-13-10)14-6-4-12-5-7-14;/h2-3,8,12H,4-7H2,1H3;1H. The Bertz CT molecular complexity index is 363. The Labute approximate surface area is 107 Å². The minimum Gasteiger partial charge on any atom is -0.464 e. The number of anilines is 1. The van der Waals surface area contributed by atoms with Gasteiger partial charge in [-0.15, -0.1) is 12.4 Å². The first kappa shape index (κ1) is 13.7. The molecule has 0 saturated carbocycles. The minimum absolute atomic E-state index is 0. The topological polar surface area (TPSA) is 54.5 Å². The molecule has 0 unspecified atom stereocenters. The van der Waals surface area contributed by atoms with E-state index in [0.29, 0.717) is 5.69 Å². The minimum atomic E-state index is -0.396. The van der Waals surface area contributed by atoms with Crippen LogP contribution in [0.25, 0.3) is 0 Å². The van der Waals surface area contributed by atoms with Crippen molar-refractivity contribution in [2.24, 2.45) is 0 Å². The third-order valence-corrected chi connectivity index (χ3v) is 2.62. The van der Waals surface area contributed by atoms with Crippen molar-refractivity contribution in [1.82, 2.24) is 10.3 Å². The molecular formula is C11H16ClN3O2. The zero-order valence-corrected chi connectivity index (χ0v) is 10.5. The summed E-state index contributed by atoms with van der Waals surface area (Å²) in [5.41, 5.74) is 1.40. The van der Waals surface area contributed by atoms with Crippen molar-refractivity contribution in [3.8, 4) is 0 Å². The molecule has 0 atom stereocenters. The summed E-state index contributed by atoms with van der Waals surface area (Å²) in [5.74, 6) is -0.396. The number of carbonyl (C=O) groups is 1. The second kappa shape index (κ2) is 6.42. The summed E-state index contributed by atoms with van der Waals surface area (Å²) in [6.45, 7) is 3.91. The van der Waals surface area contributed by atoms with Gasteiger partial charge in [0, 0.05) is 26.2 Å². The Morgan fingerprint density at radius 2 is 2.12 bits per heavy atom. The number of nitrogens with one attached hydrogen (secondary N) is 1. The summed E-state index contributed by atoms with van der Waals surface area (Å²) in [6, 6.07) is 3.60. The third-order valence-electron chi connectivity index (χ3n) is 2.62. The van der Waals surface area contributed by atoms with Crippen LogP contribution in [0.2, 0.25) is 0 Å². The Hall–Kier alpha value is -1.33. The number of halogens is 1. The average Bonchev–Trinajstić information content (AvgIpc) is 2.39. The van der Waals surface area contributed by atoms with Gasteiger partial charge in [-0.05, 0) is 12.1 Å². The van der Waals surface area contributed by atoms with Gasteiger partial charge in [-0.1, -0.05) is 0 Å². The van der Waals surface area contributed by atoms with Gasteiger partial charge in [-0.25, -0.2) is 9.78 Å². The van der Waals surface area contributed by atoms with Crippen LogP contribution < -0.4 is 10.2 Å². The Morgan fingerprint density at radius 3 is 2.65 bits per heavy atom. The van der Waals surface area contributed by atoms with Gasteiger partial charge in [0.2, 0.25) is 0 Å². The number of rotatable bonds is 2. The van der Waals surface area contributed by atoms with E-state index in [9.17, 15) is 4.79 Å². The molecule has 1 aliphatic rings.